The van der Waals surface area contributed by atoms with E-state index >= 15 is 0 Å². The van der Waals surface area contributed by atoms with Crippen LogP contribution in [-0.4, -0.2) is 59.3 Å². The fraction of sp³-hybridized carbons (Fsp3) is 0.346. The van der Waals surface area contributed by atoms with Crippen LogP contribution < -0.4 is 5.32 Å². The summed E-state index contributed by atoms with van der Waals surface area (Å²) < 4.78 is 0. The molecule has 2 aliphatic heterocycles. The van der Waals surface area contributed by atoms with Crippen LogP contribution in [0.3, 0.4) is 0 Å². The van der Waals surface area contributed by atoms with Crippen molar-refractivity contribution in [1.82, 2.24) is 14.8 Å². The Morgan fingerprint density at radius 3 is 2.58 bits per heavy atom. The largest absolute Gasteiger partial charge is 0.337 e. The second-order valence-corrected chi connectivity index (χ2v) is 9.54. The van der Waals surface area contributed by atoms with E-state index < -0.39 is 0 Å². The molecule has 2 amide bonds. The number of halogens is 1. The molecule has 5 rings (SSSR count). The van der Waals surface area contributed by atoms with E-state index in [9.17, 15) is 9.59 Å². The van der Waals surface area contributed by atoms with Crippen LogP contribution in [0.2, 0.25) is 5.02 Å². The van der Waals surface area contributed by atoms with Gasteiger partial charge in [-0.25, -0.2) is 0 Å². The molecule has 6 nitrogen and oxygen atoms in total. The molecule has 3 aromatic rings. The number of likely N-dealkylation sites (tertiary alicyclic amines) is 2. The lowest BCUT2D eigenvalue weighted by Crippen LogP contribution is -2.34. The molecule has 1 aromatic heterocycles. The number of fused-ring (bicyclic) bond motifs is 2. The third-order valence-corrected chi connectivity index (χ3v) is 7.24. The molecule has 1 N–H and O–H groups in total. The summed E-state index contributed by atoms with van der Waals surface area (Å²) in [6.45, 7) is 5.99. The van der Waals surface area contributed by atoms with Gasteiger partial charge in [0.2, 0.25) is 5.91 Å². The number of nitrogens with one attached hydrogen (secondary N) is 1. The van der Waals surface area contributed by atoms with E-state index in [1.54, 1.807) is 12.3 Å². The Morgan fingerprint density at radius 2 is 1.82 bits per heavy atom. The van der Waals surface area contributed by atoms with Gasteiger partial charge >= 0.3 is 0 Å². The summed E-state index contributed by atoms with van der Waals surface area (Å²) in [6.07, 6.45) is 2.15. The number of aromatic nitrogens is 1. The first-order valence-corrected chi connectivity index (χ1v) is 11.8. The number of aryl methyl sites for hydroxylation is 1. The van der Waals surface area contributed by atoms with Crippen molar-refractivity contribution in [3.63, 3.8) is 0 Å². The van der Waals surface area contributed by atoms with Crippen LogP contribution in [0, 0.1) is 18.8 Å². The number of rotatable bonds is 5. The number of benzene rings is 2. The summed E-state index contributed by atoms with van der Waals surface area (Å²) >= 11 is 6.14. The molecule has 33 heavy (non-hydrogen) atoms. The summed E-state index contributed by atoms with van der Waals surface area (Å²) in [5.74, 6) is 0.903. The van der Waals surface area contributed by atoms with Gasteiger partial charge in [0.25, 0.3) is 5.91 Å². The van der Waals surface area contributed by atoms with E-state index in [2.05, 4.69) is 15.2 Å². The molecule has 0 radical (unpaired) electrons. The van der Waals surface area contributed by atoms with Crippen molar-refractivity contribution < 1.29 is 9.59 Å². The van der Waals surface area contributed by atoms with Crippen molar-refractivity contribution in [2.24, 2.45) is 11.8 Å². The smallest absolute Gasteiger partial charge is 0.273 e. The van der Waals surface area contributed by atoms with Crippen LogP contribution >= 0.6 is 11.6 Å². The van der Waals surface area contributed by atoms with Crippen molar-refractivity contribution in [3.8, 4) is 0 Å². The lowest BCUT2D eigenvalue weighted by molar-refractivity contribution is -0.116. The van der Waals surface area contributed by atoms with Crippen LogP contribution in [0.4, 0.5) is 5.69 Å². The predicted molar refractivity (Wildman–Crippen MR) is 131 cm³/mol. The van der Waals surface area contributed by atoms with Crippen molar-refractivity contribution in [2.75, 3.05) is 38.0 Å². The van der Waals surface area contributed by atoms with Gasteiger partial charge in [0.1, 0.15) is 5.69 Å². The molecule has 0 bridgehead atoms. The zero-order chi connectivity index (χ0) is 22.9. The first-order valence-electron chi connectivity index (χ1n) is 11.4. The fourth-order valence-corrected chi connectivity index (χ4v) is 5.21. The summed E-state index contributed by atoms with van der Waals surface area (Å²) in [5.41, 5.74) is 2.25. The Kier molecular flexibility index (Phi) is 6.04. The maximum absolute atomic E-state index is 13.2. The summed E-state index contributed by atoms with van der Waals surface area (Å²) in [5, 5.41) is 5.52. The van der Waals surface area contributed by atoms with E-state index in [4.69, 9.17) is 11.6 Å². The van der Waals surface area contributed by atoms with Crippen LogP contribution in [0.5, 0.6) is 0 Å². The second kappa shape index (κ2) is 9.12. The zero-order valence-electron chi connectivity index (χ0n) is 18.6. The molecule has 2 fully saturated rings. The van der Waals surface area contributed by atoms with E-state index in [-0.39, 0.29) is 11.8 Å². The molecular formula is C26H27ClN4O2. The topological polar surface area (TPSA) is 65.5 Å². The minimum atomic E-state index is -0.00851. The van der Waals surface area contributed by atoms with E-state index in [0.29, 0.717) is 29.0 Å². The highest BCUT2D eigenvalue weighted by atomic mass is 35.5. The van der Waals surface area contributed by atoms with Gasteiger partial charge in [-0.15, -0.1) is 0 Å². The van der Waals surface area contributed by atoms with E-state index in [0.717, 1.165) is 54.7 Å². The summed E-state index contributed by atoms with van der Waals surface area (Å²) in [7, 11) is 0. The molecule has 3 heterocycles. The molecule has 2 unspecified atom stereocenters. The quantitative estimate of drug-likeness (QED) is 0.616. The Bertz CT molecular complexity index is 1190. The minimum absolute atomic E-state index is 0.00851. The fourth-order valence-electron chi connectivity index (χ4n) is 5.03. The number of carbonyl (C=O) groups is 2. The Labute approximate surface area is 198 Å². The van der Waals surface area contributed by atoms with Crippen molar-refractivity contribution in [3.05, 3.63) is 71.0 Å². The molecule has 2 aliphatic rings. The third-order valence-electron chi connectivity index (χ3n) is 6.84. The highest BCUT2D eigenvalue weighted by Gasteiger charge is 2.42. The molecule has 2 aromatic carbocycles. The van der Waals surface area contributed by atoms with E-state index in [1.807, 2.05) is 54.3 Å². The number of hydrogen-bond acceptors (Lipinski definition) is 4. The molecule has 0 spiro atoms. The van der Waals surface area contributed by atoms with Crippen LogP contribution in [0.15, 0.2) is 54.7 Å². The Balaban J connectivity index is 1.13. The first-order chi connectivity index (χ1) is 16.0. The molecule has 0 saturated carbocycles. The van der Waals surface area contributed by atoms with Crippen molar-refractivity contribution in [2.45, 2.75) is 13.3 Å². The minimum Gasteiger partial charge on any atom is -0.337 e. The maximum Gasteiger partial charge on any atom is 0.273 e. The van der Waals surface area contributed by atoms with Crippen LogP contribution in [0.25, 0.3) is 10.8 Å². The van der Waals surface area contributed by atoms with Crippen LogP contribution in [0.1, 0.15) is 22.5 Å². The van der Waals surface area contributed by atoms with Gasteiger partial charge in [-0.2, -0.15) is 0 Å². The second-order valence-electron chi connectivity index (χ2n) is 9.13. The molecular weight excluding hydrogens is 436 g/mol. The van der Waals surface area contributed by atoms with Crippen molar-refractivity contribution in [1.29, 1.82) is 0 Å². The van der Waals surface area contributed by atoms with Gasteiger partial charge < -0.3 is 15.1 Å². The lowest BCUT2D eigenvalue weighted by Gasteiger charge is -2.21. The zero-order valence-corrected chi connectivity index (χ0v) is 19.4. The predicted octanol–water partition coefficient (Wildman–Crippen LogP) is 4.23. The number of anilines is 1. The average Bonchev–Trinajstić information content (AvgIpc) is 3.38. The van der Waals surface area contributed by atoms with E-state index in [1.165, 1.54) is 0 Å². The number of hydrogen-bond donors (Lipinski definition) is 1. The van der Waals surface area contributed by atoms with Gasteiger partial charge in [0, 0.05) is 61.4 Å². The molecule has 0 aliphatic carbocycles. The van der Waals surface area contributed by atoms with Gasteiger partial charge in [-0.05, 0) is 47.9 Å². The van der Waals surface area contributed by atoms with Crippen molar-refractivity contribution >= 4 is 39.9 Å². The molecule has 2 atom stereocenters. The molecule has 7 heteroatoms. The lowest BCUT2D eigenvalue weighted by atomic mass is 10.0. The number of nitrogens with zero attached hydrogens (tertiary/aromatic N) is 3. The first kappa shape index (κ1) is 21.9. The Hall–Kier alpha value is -2.96. The number of pyridine rings is 1. The third kappa shape index (κ3) is 4.59. The molecule has 170 valence electrons. The van der Waals surface area contributed by atoms with Crippen LogP contribution in [-0.2, 0) is 4.79 Å². The SMILES string of the molecule is Cc1ccc(NC(=O)CCN2CC3CN(C(=O)c4nccc5ccccc45)CC3C2)cc1Cl. The average molecular weight is 463 g/mol. The monoisotopic (exact) mass is 462 g/mol. The van der Waals surface area contributed by atoms with Gasteiger partial charge in [0.15, 0.2) is 0 Å². The van der Waals surface area contributed by atoms with Gasteiger partial charge in [-0.1, -0.05) is 41.9 Å². The van der Waals surface area contributed by atoms with Gasteiger partial charge in [-0.3, -0.25) is 14.6 Å². The highest BCUT2D eigenvalue weighted by Crippen LogP contribution is 2.32. The molecule has 2 saturated heterocycles. The number of carbonyl (C=O) groups excluding carboxylic acids is 2. The summed E-state index contributed by atoms with van der Waals surface area (Å²) in [6, 6.07) is 15.4. The summed E-state index contributed by atoms with van der Waals surface area (Å²) in [4.78, 5) is 34.3. The standard InChI is InChI=1S/C26H27ClN4O2/c1-17-6-7-21(12-23(17)27)29-24(32)9-11-30-13-19-15-31(16-20(19)14-30)26(33)25-22-5-3-2-4-18(22)8-10-28-25/h2-8,10,12,19-20H,9,11,13-16H2,1H3,(H,29,32). The maximum atomic E-state index is 13.2. The highest BCUT2D eigenvalue weighted by molar-refractivity contribution is 6.31. The Morgan fingerprint density at radius 1 is 1.06 bits per heavy atom. The number of amides is 2. The van der Waals surface area contributed by atoms with Gasteiger partial charge in [0.05, 0.1) is 0 Å². The normalized spacial score (nSPS) is 20.2.